The zero-order valence-corrected chi connectivity index (χ0v) is 15.5. The van der Waals surface area contributed by atoms with Crippen LogP contribution in [-0.2, 0) is 6.54 Å². The van der Waals surface area contributed by atoms with Crippen molar-refractivity contribution in [3.63, 3.8) is 0 Å². The van der Waals surface area contributed by atoms with Gasteiger partial charge in [0.25, 0.3) is 0 Å². The number of benzene rings is 1. The number of halogens is 1. The van der Waals surface area contributed by atoms with Crippen LogP contribution in [0.2, 0.25) is 0 Å². The molecule has 8 heteroatoms. The highest BCUT2D eigenvalue weighted by Gasteiger charge is 2.24. The normalized spacial score (nSPS) is 11.0. The second-order valence-electron chi connectivity index (χ2n) is 6.43. The maximum absolute atomic E-state index is 14.2. The number of aromatic nitrogens is 3. The zero-order valence-electron chi connectivity index (χ0n) is 15.5. The van der Waals surface area contributed by atoms with E-state index >= 15 is 0 Å². The van der Waals surface area contributed by atoms with Crippen LogP contribution in [0, 0.1) is 43.6 Å². The third kappa shape index (κ3) is 3.14. The molecule has 0 aliphatic rings. The summed E-state index contributed by atoms with van der Waals surface area (Å²) in [5, 5.41) is 15.2. The lowest BCUT2D eigenvalue weighted by atomic mass is 10.1. The second-order valence-corrected chi connectivity index (χ2v) is 6.43. The van der Waals surface area contributed by atoms with E-state index in [1.807, 2.05) is 0 Å². The minimum Gasteiger partial charge on any atom is -0.315 e. The summed E-state index contributed by atoms with van der Waals surface area (Å²) in [6.07, 6.45) is 0. The number of nitrogens with zero attached hydrogens (tertiary/aromatic N) is 4. The Morgan fingerprint density at radius 1 is 1.19 bits per heavy atom. The zero-order chi connectivity index (χ0) is 19.9. The molecule has 1 aromatic carbocycles. The van der Waals surface area contributed by atoms with Crippen molar-refractivity contribution in [2.75, 3.05) is 0 Å². The van der Waals surface area contributed by atoms with Crippen molar-refractivity contribution < 1.29 is 14.1 Å². The van der Waals surface area contributed by atoms with E-state index in [1.54, 1.807) is 49.6 Å². The minimum absolute atomic E-state index is 0.0837. The molecule has 0 N–H and O–H groups in total. The molecule has 0 amide bonds. The largest absolute Gasteiger partial charge is 0.315 e. The first kappa shape index (κ1) is 18.5. The Kier molecular flexibility index (Phi) is 4.65. The van der Waals surface area contributed by atoms with Crippen LogP contribution in [0.3, 0.4) is 0 Å². The molecule has 0 spiro atoms. The number of para-hydroxylation sites is 1. The molecular weight excluding hydrogens is 351 g/mol. The maximum Gasteiger partial charge on any atom is 0.312 e. The Balaban J connectivity index is 1.98. The van der Waals surface area contributed by atoms with E-state index in [-0.39, 0.29) is 29.5 Å². The monoisotopic (exact) mass is 370 g/mol. The van der Waals surface area contributed by atoms with Crippen LogP contribution >= 0.6 is 0 Å². The summed E-state index contributed by atoms with van der Waals surface area (Å²) in [6.45, 7) is 6.52. The summed E-state index contributed by atoms with van der Waals surface area (Å²) in [7, 11) is 0. The molecule has 0 fully saturated rings. The number of aryl methyl sites for hydroxylation is 2. The molecule has 0 bridgehead atoms. The molecule has 0 radical (unpaired) electrons. The van der Waals surface area contributed by atoms with E-state index in [0.29, 0.717) is 22.6 Å². The van der Waals surface area contributed by atoms with E-state index < -0.39 is 4.92 Å². The van der Waals surface area contributed by atoms with E-state index in [2.05, 4.69) is 5.10 Å². The van der Waals surface area contributed by atoms with Crippen molar-refractivity contribution >= 4 is 11.5 Å². The van der Waals surface area contributed by atoms with Crippen LogP contribution in [0.5, 0.6) is 0 Å². The molecule has 0 aliphatic carbocycles. The highest BCUT2D eigenvalue weighted by molar-refractivity contribution is 5.97. The first-order chi connectivity index (χ1) is 12.7. The minimum atomic E-state index is -0.497. The summed E-state index contributed by atoms with van der Waals surface area (Å²) in [4.78, 5) is 23.5. The van der Waals surface area contributed by atoms with Gasteiger partial charge in [0.2, 0.25) is 0 Å². The lowest BCUT2D eigenvalue weighted by molar-refractivity contribution is -0.386. The van der Waals surface area contributed by atoms with Crippen molar-refractivity contribution in [3.8, 4) is 5.69 Å². The van der Waals surface area contributed by atoms with E-state index in [1.165, 1.54) is 17.7 Å². The van der Waals surface area contributed by atoms with Crippen LogP contribution in [0.4, 0.5) is 10.1 Å². The van der Waals surface area contributed by atoms with Gasteiger partial charge in [0.05, 0.1) is 10.6 Å². The molecule has 140 valence electrons. The standard InChI is InChI=1S/C19H19FN4O3/c1-11-9-15(13(3)23(11)17-8-6-5-7-16(17)20)18(25)10-22-14(4)19(24(26)27)12(2)21-22/h5-9H,10H2,1-4H3. The molecule has 7 nitrogen and oxygen atoms in total. The molecule has 0 aliphatic heterocycles. The number of Topliss-reactive ketones (excluding diaryl/α,β-unsaturated/α-hetero) is 1. The SMILES string of the molecule is Cc1nn(CC(=O)c2cc(C)n(-c3ccccc3F)c2C)c(C)c1[N+](=O)[O-]. The molecule has 3 aromatic rings. The quantitative estimate of drug-likeness (QED) is 0.388. The fraction of sp³-hybridized carbons (Fsp3) is 0.263. The highest BCUT2D eigenvalue weighted by atomic mass is 19.1. The Morgan fingerprint density at radius 3 is 2.44 bits per heavy atom. The van der Waals surface area contributed by atoms with Gasteiger partial charge in [-0.1, -0.05) is 12.1 Å². The smallest absolute Gasteiger partial charge is 0.312 e. The van der Waals surface area contributed by atoms with E-state index in [4.69, 9.17) is 0 Å². The van der Waals surface area contributed by atoms with Gasteiger partial charge in [-0.3, -0.25) is 19.6 Å². The number of ketones is 1. The molecule has 2 heterocycles. The van der Waals surface area contributed by atoms with Gasteiger partial charge in [-0.2, -0.15) is 5.10 Å². The predicted molar refractivity (Wildman–Crippen MR) is 97.9 cm³/mol. The van der Waals surface area contributed by atoms with Crippen LogP contribution in [0.25, 0.3) is 5.69 Å². The number of carbonyl (C=O) groups excluding carboxylic acids is 1. The van der Waals surface area contributed by atoms with Crippen molar-refractivity contribution in [1.82, 2.24) is 14.3 Å². The lowest BCUT2D eigenvalue weighted by Crippen LogP contribution is -2.14. The molecule has 0 saturated carbocycles. The Labute approximate surface area is 155 Å². The van der Waals surface area contributed by atoms with Gasteiger partial charge in [0.15, 0.2) is 5.78 Å². The molecule has 3 rings (SSSR count). The third-order valence-corrected chi connectivity index (χ3v) is 4.64. The fourth-order valence-electron chi connectivity index (χ4n) is 3.38. The summed E-state index contributed by atoms with van der Waals surface area (Å²) < 4.78 is 17.2. The van der Waals surface area contributed by atoms with Gasteiger partial charge in [-0.15, -0.1) is 0 Å². The van der Waals surface area contributed by atoms with E-state index in [9.17, 15) is 19.3 Å². The number of carbonyl (C=O) groups is 1. The van der Waals surface area contributed by atoms with Gasteiger partial charge >= 0.3 is 5.69 Å². The fourth-order valence-corrected chi connectivity index (χ4v) is 3.38. The maximum atomic E-state index is 14.2. The number of hydrogen-bond acceptors (Lipinski definition) is 4. The first-order valence-electron chi connectivity index (χ1n) is 8.37. The molecule has 2 aromatic heterocycles. The van der Waals surface area contributed by atoms with Crippen molar-refractivity contribution in [3.05, 3.63) is 74.6 Å². The van der Waals surface area contributed by atoms with Gasteiger partial charge in [-0.05, 0) is 45.9 Å². The average Bonchev–Trinajstić information content (AvgIpc) is 3.04. The van der Waals surface area contributed by atoms with Gasteiger partial charge in [0.1, 0.15) is 23.7 Å². The molecule has 27 heavy (non-hydrogen) atoms. The number of rotatable bonds is 5. The van der Waals surface area contributed by atoms with E-state index in [0.717, 1.165) is 5.69 Å². The molecule has 0 saturated heterocycles. The van der Waals surface area contributed by atoms with Crippen LogP contribution in [0.15, 0.2) is 30.3 Å². The van der Waals surface area contributed by atoms with Crippen LogP contribution in [0.1, 0.15) is 33.1 Å². The Hall–Kier alpha value is -3.29. The average molecular weight is 370 g/mol. The topological polar surface area (TPSA) is 83.0 Å². The van der Waals surface area contributed by atoms with Crippen molar-refractivity contribution in [2.24, 2.45) is 0 Å². The summed E-state index contributed by atoms with van der Waals surface area (Å²) in [5.74, 6) is -0.626. The summed E-state index contributed by atoms with van der Waals surface area (Å²) >= 11 is 0. The third-order valence-electron chi connectivity index (χ3n) is 4.64. The second kappa shape index (κ2) is 6.79. The van der Waals surface area contributed by atoms with Gasteiger partial charge in [-0.25, -0.2) is 4.39 Å². The predicted octanol–water partition coefficient (Wildman–Crippen LogP) is 3.84. The van der Waals surface area contributed by atoms with Gasteiger partial charge < -0.3 is 4.57 Å². The number of nitro groups is 1. The summed E-state index contributed by atoms with van der Waals surface area (Å²) in [5.41, 5.74) is 2.65. The van der Waals surface area contributed by atoms with Crippen molar-refractivity contribution in [1.29, 1.82) is 0 Å². The molecule has 0 unspecified atom stereocenters. The van der Waals surface area contributed by atoms with Crippen LogP contribution < -0.4 is 0 Å². The Morgan fingerprint density at radius 2 is 1.85 bits per heavy atom. The number of hydrogen-bond donors (Lipinski definition) is 0. The van der Waals surface area contributed by atoms with Crippen molar-refractivity contribution in [2.45, 2.75) is 34.2 Å². The first-order valence-corrected chi connectivity index (χ1v) is 8.37. The summed E-state index contributed by atoms with van der Waals surface area (Å²) in [6, 6.07) is 8.05. The van der Waals surface area contributed by atoms with Crippen LogP contribution in [-0.4, -0.2) is 25.1 Å². The lowest BCUT2D eigenvalue weighted by Gasteiger charge is -2.11. The van der Waals surface area contributed by atoms with Gasteiger partial charge in [0, 0.05) is 17.0 Å². The Bertz CT molecular complexity index is 1070. The molecular formula is C19H19FN4O3. The molecule has 0 atom stereocenters. The highest BCUT2D eigenvalue weighted by Crippen LogP contribution is 2.25.